The summed E-state index contributed by atoms with van der Waals surface area (Å²) in [6.07, 6.45) is 3.59. The molecule has 116 valence electrons. The molecule has 2 atom stereocenters. The summed E-state index contributed by atoms with van der Waals surface area (Å²) in [4.78, 5) is 16.3. The van der Waals surface area contributed by atoms with Crippen molar-refractivity contribution in [2.24, 2.45) is 0 Å². The zero-order chi connectivity index (χ0) is 14.9. The van der Waals surface area contributed by atoms with E-state index in [9.17, 15) is 4.79 Å². The van der Waals surface area contributed by atoms with E-state index in [1.807, 2.05) is 0 Å². The van der Waals surface area contributed by atoms with E-state index in [0.29, 0.717) is 6.42 Å². The molecule has 0 aliphatic carbocycles. The summed E-state index contributed by atoms with van der Waals surface area (Å²) in [5, 5.41) is 6.38. The Bertz CT molecular complexity index is 649. The minimum atomic E-state index is -0.0498. The fourth-order valence-electron chi connectivity index (χ4n) is 3.55. The highest BCUT2D eigenvalue weighted by Crippen LogP contribution is 2.37. The standard InChI is InChI=1S/C17H19NO2S2/c19-17(10-15-13-5-9-22-16(13)3-7-20-15)18-6-1-2-14(18)12-4-8-21-11-12/h4-5,8-9,11,14-15H,1-3,6-7,10H2/t14-,15+/m0/s1. The molecule has 0 saturated carbocycles. The molecule has 1 fully saturated rings. The lowest BCUT2D eigenvalue weighted by Gasteiger charge is -2.28. The lowest BCUT2D eigenvalue weighted by Crippen LogP contribution is -2.32. The molecule has 3 nitrogen and oxygen atoms in total. The highest BCUT2D eigenvalue weighted by Gasteiger charge is 2.33. The third kappa shape index (κ3) is 2.62. The molecule has 0 radical (unpaired) electrons. The molecule has 2 aromatic heterocycles. The monoisotopic (exact) mass is 333 g/mol. The molecule has 0 aromatic carbocycles. The van der Waals surface area contributed by atoms with Crippen molar-refractivity contribution in [2.45, 2.75) is 37.8 Å². The van der Waals surface area contributed by atoms with Gasteiger partial charge in [-0.3, -0.25) is 4.79 Å². The quantitative estimate of drug-likeness (QED) is 0.843. The maximum atomic E-state index is 12.8. The van der Waals surface area contributed by atoms with Crippen LogP contribution in [0.3, 0.4) is 0 Å². The first kappa shape index (κ1) is 14.4. The second-order valence-corrected chi connectivity index (χ2v) is 7.70. The Hall–Kier alpha value is -1.17. The van der Waals surface area contributed by atoms with Crippen LogP contribution in [0.2, 0.25) is 0 Å². The molecule has 22 heavy (non-hydrogen) atoms. The molecule has 2 aliphatic heterocycles. The molecule has 0 bridgehead atoms. The molecule has 0 unspecified atom stereocenters. The second-order valence-electron chi connectivity index (χ2n) is 5.91. The smallest absolute Gasteiger partial charge is 0.226 e. The molecule has 2 aromatic rings. The Morgan fingerprint density at radius 2 is 2.32 bits per heavy atom. The van der Waals surface area contributed by atoms with Gasteiger partial charge in [-0.2, -0.15) is 11.3 Å². The van der Waals surface area contributed by atoms with Crippen LogP contribution in [0.25, 0.3) is 0 Å². The number of amides is 1. The number of likely N-dealkylation sites (tertiary alicyclic amines) is 1. The summed E-state index contributed by atoms with van der Waals surface area (Å²) >= 11 is 3.49. The zero-order valence-corrected chi connectivity index (χ0v) is 14.0. The lowest BCUT2D eigenvalue weighted by atomic mass is 10.0. The van der Waals surface area contributed by atoms with Gasteiger partial charge >= 0.3 is 0 Å². The van der Waals surface area contributed by atoms with Gasteiger partial charge in [-0.15, -0.1) is 11.3 Å². The summed E-state index contributed by atoms with van der Waals surface area (Å²) in [5.74, 6) is 0.234. The zero-order valence-electron chi connectivity index (χ0n) is 12.4. The van der Waals surface area contributed by atoms with Gasteiger partial charge in [0.2, 0.25) is 5.91 Å². The molecule has 4 rings (SSSR count). The van der Waals surface area contributed by atoms with Crippen LogP contribution in [0.4, 0.5) is 0 Å². The number of carbonyl (C=O) groups excluding carboxylic acids is 1. The predicted molar refractivity (Wildman–Crippen MR) is 89.3 cm³/mol. The molecule has 4 heterocycles. The van der Waals surface area contributed by atoms with Crippen LogP contribution in [0.1, 0.15) is 47.4 Å². The van der Waals surface area contributed by atoms with Gasteiger partial charge in [0.25, 0.3) is 0 Å². The van der Waals surface area contributed by atoms with E-state index in [2.05, 4.69) is 33.2 Å². The third-order valence-corrected chi connectivity index (χ3v) is 6.33. The number of ether oxygens (including phenoxy) is 1. The Balaban J connectivity index is 1.49. The van der Waals surface area contributed by atoms with Crippen molar-refractivity contribution < 1.29 is 9.53 Å². The van der Waals surface area contributed by atoms with E-state index < -0.39 is 0 Å². The van der Waals surface area contributed by atoms with Gasteiger partial charge in [-0.25, -0.2) is 0 Å². The van der Waals surface area contributed by atoms with Gasteiger partial charge < -0.3 is 9.64 Å². The number of nitrogens with zero attached hydrogens (tertiary/aromatic N) is 1. The van der Waals surface area contributed by atoms with Crippen molar-refractivity contribution in [3.63, 3.8) is 0 Å². The molecule has 1 amide bonds. The minimum absolute atomic E-state index is 0.0498. The lowest BCUT2D eigenvalue weighted by molar-refractivity contribution is -0.135. The topological polar surface area (TPSA) is 29.5 Å². The summed E-state index contributed by atoms with van der Waals surface area (Å²) in [5.41, 5.74) is 2.52. The fraction of sp³-hybridized carbons (Fsp3) is 0.471. The summed E-state index contributed by atoms with van der Waals surface area (Å²) in [6.45, 7) is 1.61. The average Bonchev–Trinajstić information content (AvgIpc) is 3.27. The van der Waals surface area contributed by atoms with Gasteiger partial charge in [-0.1, -0.05) is 0 Å². The first-order valence-corrected chi connectivity index (χ1v) is 9.64. The SMILES string of the molecule is O=C(C[C@H]1OCCc2sccc21)N1CCC[C@H]1c1ccsc1. The third-order valence-electron chi connectivity index (χ3n) is 4.64. The number of thiophene rings is 2. The highest BCUT2D eigenvalue weighted by atomic mass is 32.1. The van der Waals surface area contributed by atoms with E-state index in [0.717, 1.165) is 32.4 Å². The molecule has 0 spiro atoms. The number of hydrogen-bond donors (Lipinski definition) is 0. The molecular weight excluding hydrogens is 314 g/mol. The van der Waals surface area contributed by atoms with E-state index >= 15 is 0 Å². The Morgan fingerprint density at radius 1 is 1.36 bits per heavy atom. The van der Waals surface area contributed by atoms with Gasteiger partial charge in [0.05, 0.1) is 25.2 Å². The molecule has 1 saturated heterocycles. The van der Waals surface area contributed by atoms with Crippen molar-refractivity contribution >= 4 is 28.6 Å². The predicted octanol–water partition coefficient (Wildman–Crippen LogP) is 4.18. The second kappa shape index (κ2) is 6.14. The number of carbonyl (C=O) groups is 1. The first-order valence-electron chi connectivity index (χ1n) is 7.82. The maximum Gasteiger partial charge on any atom is 0.226 e. The molecule has 0 N–H and O–H groups in total. The van der Waals surface area contributed by atoms with Gasteiger partial charge in [0.15, 0.2) is 0 Å². The minimum Gasteiger partial charge on any atom is -0.373 e. The van der Waals surface area contributed by atoms with Crippen molar-refractivity contribution in [1.29, 1.82) is 0 Å². The molecule has 2 aliphatic rings. The average molecular weight is 333 g/mol. The van der Waals surface area contributed by atoms with Gasteiger partial charge in [0.1, 0.15) is 0 Å². The molecule has 5 heteroatoms. The van der Waals surface area contributed by atoms with Crippen LogP contribution >= 0.6 is 22.7 Å². The Labute approximate surface area is 138 Å². The number of fused-ring (bicyclic) bond motifs is 1. The van der Waals surface area contributed by atoms with Crippen molar-refractivity contribution in [1.82, 2.24) is 4.90 Å². The Kier molecular flexibility index (Phi) is 4.03. The van der Waals surface area contributed by atoms with Crippen LogP contribution in [0.5, 0.6) is 0 Å². The van der Waals surface area contributed by atoms with Crippen LogP contribution in [0.15, 0.2) is 28.3 Å². The summed E-state index contributed by atoms with van der Waals surface area (Å²) in [6, 6.07) is 4.54. The van der Waals surface area contributed by atoms with E-state index in [-0.39, 0.29) is 18.1 Å². The van der Waals surface area contributed by atoms with Crippen LogP contribution in [-0.2, 0) is 16.0 Å². The van der Waals surface area contributed by atoms with Crippen molar-refractivity contribution in [2.75, 3.05) is 13.2 Å². The van der Waals surface area contributed by atoms with E-state index in [1.54, 1.807) is 22.7 Å². The summed E-state index contributed by atoms with van der Waals surface area (Å²) in [7, 11) is 0. The normalized spacial score (nSPS) is 24.5. The number of hydrogen-bond acceptors (Lipinski definition) is 4. The van der Waals surface area contributed by atoms with Crippen molar-refractivity contribution in [3.8, 4) is 0 Å². The van der Waals surface area contributed by atoms with E-state index in [1.165, 1.54) is 16.0 Å². The largest absolute Gasteiger partial charge is 0.373 e. The van der Waals surface area contributed by atoms with Crippen molar-refractivity contribution in [3.05, 3.63) is 44.3 Å². The van der Waals surface area contributed by atoms with E-state index in [4.69, 9.17) is 4.74 Å². The maximum absolute atomic E-state index is 12.8. The van der Waals surface area contributed by atoms with Gasteiger partial charge in [0, 0.05) is 17.8 Å². The number of rotatable bonds is 3. The van der Waals surface area contributed by atoms with Gasteiger partial charge in [-0.05, 0) is 52.2 Å². The van der Waals surface area contributed by atoms with Crippen LogP contribution < -0.4 is 0 Å². The fourth-order valence-corrected chi connectivity index (χ4v) is 5.17. The molecular formula is C17H19NO2S2. The first-order chi connectivity index (χ1) is 10.8. The van der Waals surface area contributed by atoms with Crippen LogP contribution in [0, 0.1) is 0 Å². The Morgan fingerprint density at radius 3 is 3.18 bits per heavy atom. The van der Waals surface area contributed by atoms with Crippen LogP contribution in [-0.4, -0.2) is 24.0 Å². The summed E-state index contributed by atoms with van der Waals surface area (Å²) < 4.78 is 5.88. The highest BCUT2D eigenvalue weighted by molar-refractivity contribution is 7.10.